The van der Waals surface area contributed by atoms with Crippen LogP contribution in [0.15, 0.2) is 53.5 Å². The molecule has 0 radical (unpaired) electrons. The van der Waals surface area contributed by atoms with E-state index in [1.54, 1.807) is 43.5 Å². The highest BCUT2D eigenvalue weighted by molar-refractivity contribution is 8.15. The molecule has 1 unspecified atom stereocenters. The molecular formula is C20H20FN3O3S. The number of anilines is 2. The Labute approximate surface area is 166 Å². The summed E-state index contributed by atoms with van der Waals surface area (Å²) in [5, 5.41) is 2.90. The second-order valence-electron chi connectivity index (χ2n) is 5.99. The molecule has 1 aliphatic heterocycles. The van der Waals surface area contributed by atoms with Crippen LogP contribution in [0.25, 0.3) is 0 Å². The summed E-state index contributed by atoms with van der Waals surface area (Å²) in [7, 11) is 1.55. The molecule has 0 saturated carbocycles. The monoisotopic (exact) mass is 401 g/mol. The smallest absolute Gasteiger partial charge is 0.247 e. The molecule has 0 bridgehead atoms. The third-order valence-electron chi connectivity index (χ3n) is 4.07. The molecule has 3 rings (SSSR count). The van der Waals surface area contributed by atoms with E-state index in [1.807, 2.05) is 6.92 Å². The summed E-state index contributed by atoms with van der Waals surface area (Å²) < 4.78 is 18.5. The van der Waals surface area contributed by atoms with Crippen LogP contribution in [-0.2, 0) is 9.59 Å². The molecule has 1 N–H and O–H groups in total. The van der Waals surface area contributed by atoms with Crippen LogP contribution in [0.4, 0.5) is 15.8 Å². The minimum atomic E-state index is -0.596. The molecule has 2 aromatic rings. The van der Waals surface area contributed by atoms with Gasteiger partial charge in [0.15, 0.2) is 5.17 Å². The highest BCUT2D eigenvalue weighted by Crippen LogP contribution is 2.31. The second-order valence-corrected chi connectivity index (χ2v) is 7.18. The molecule has 0 spiro atoms. The van der Waals surface area contributed by atoms with E-state index in [2.05, 4.69) is 10.3 Å². The minimum absolute atomic E-state index is 0.0725. The van der Waals surface area contributed by atoms with Crippen LogP contribution in [-0.4, -0.2) is 35.9 Å². The number of nitrogens with one attached hydrogen (secondary N) is 1. The van der Waals surface area contributed by atoms with Crippen LogP contribution >= 0.6 is 11.8 Å². The zero-order valence-corrected chi connectivity index (χ0v) is 16.3. The van der Waals surface area contributed by atoms with Gasteiger partial charge in [-0.3, -0.25) is 14.6 Å². The summed E-state index contributed by atoms with van der Waals surface area (Å²) in [4.78, 5) is 30.8. The Morgan fingerprint density at radius 2 is 2.04 bits per heavy atom. The molecule has 1 fully saturated rings. The number of hydrogen-bond donors (Lipinski definition) is 1. The zero-order valence-electron chi connectivity index (χ0n) is 15.5. The third-order valence-corrected chi connectivity index (χ3v) is 5.17. The van der Waals surface area contributed by atoms with Crippen LogP contribution in [0.5, 0.6) is 5.75 Å². The molecular weight excluding hydrogens is 381 g/mol. The SMILES string of the molecule is CCN=C(Nc1cccc(F)c1)SC1CC(=O)N(c2ccc(OC)cc2)C1=O. The van der Waals surface area contributed by atoms with Gasteiger partial charge in [0, 0.05) is 18.7 Å². The van der Waals surface area contributed by atoms with Crippen molar-refractivity contribution in [3.05, 3.63) is 54.3 Å². The molecule has 1 heterocycles. The number of thioether (sulfide) groups is 1. The maximum absolute atomic E-state index is 13.4. The van der Waals surface area contributed by atoms with Crippen LogP contribution in [0.3, 0.4) is 0 Å². The number of rotatable bonds is 5. The maximum atomic E-state index is 13.4. The normalized spacial score (nSPS) is 17.2. The molecule has 0 aliphatic carbocycles. The summed E-state index contributed by atoms with van der Waals surface area (Å²) in [5.74, 6) is -0.298. The van der Waals surface area contributed by atoms with E-state index >= 15 is 0 Å². The topological polar surface area (TPSA) is 71.0 Å². The number of carbonyl (C=O) groups excluding carboxylic acids is 2. The lowest BCUT2D eigenvalue weighted by molar-refractivity contribution is -0.121. The van der Waals surface area contributed by atoms with Crippen molar-refractivity contribution in [2.24, 2.45) is 4.99 Å². The van der Waals surface area contributed by atoms with Crippen LogP contribution < -0.4 is 15.0 Å². The number of halogens is 1. The Hall–Kier alpha value is -2.87. The van der Waals surface area contributed by atoms with Gasteiger partial charge in [0.1, 0.15) is 16.8 Å². The van der Waals surface area contributed by atoms with Gasteiger partial charge in [-0.05, 0) is 49.4 Å². The van der Waals surface area contributed by atoms with Gasteiger partial charge < -0.3 is 10.1 Å². The fourth-order valence-corrected chi connectivity index (χ4v) is 3.86. The van der Waals surface area contributed by atoms with Gasteiger partial charge >= 0.3 is 0 Å². The number of methoxy groups -OCH3 is 1. The van der Waals surface area contributed by atoms with Crippen molar-refractivity contribution in [3.8, 4) is 5.75 Å². The van der Waals surface area contributed by atoms with Gasteiger partial charge in [-0.15, -0.1) is 0 Å². The van der Waals surface area contributed by atoms with Crippen LogP contribution in [0.2, 0.25) is 0 Å². The van der Waals surface area contributed by atoms with Crippen molar-refractivity contribution in [1.29, 1.82) is 0 Å². The van der Waals surface area contributed by atoms with Gasteiger partial charge in [0.25, 0.3) is 0 Å². The minimum Gasteiger partial charge on any atom is -0.497 e. The Balaban J connectivity index is 1.74. The number of carbonyl (C=O) groups is 2. The largest absolute Gasteiger partial charge is 0.497 e. The van der Waals surface area contributed by atoms with Crippen molar-refractivity contribution in [3.63, 3.8) is 0 Å². The molecule has 2 aromatic carbocycles. The number of amides is 2. The van der Waals surface area contributed by atoms with Crippen molar-refractivity contribution in [1.82, 2.24) is 0 Å². The Morgan fingerprint density at radius 1 is 1.29 bits per heavy atom. The lowest BCUT2D eigenvalue weighted by Crippen LogP contribution is -2.31. The van der Waals surface area contributed by atoms with Crippen molar-refractivity contribution >= 4 is 40.1 Å². The van der Waals surface area contributed by atoms with Crippen LogP contribution in [0.1, 0.15) is 13.3 Å². The average molecular weight is 401 g/mol. The van der Waals surface area contributed by atoms with E-state index in [1.165, 1.54) is 28.8 Å². The standard InChI is InChI=1S/C20H20FN3O3S/c1-3-22-20(23-14-6-4-5-13(21)11-14)28-17-12-18(25)24(19(17)26)15-7-9-16(27-2)10-8-15/h4-11,17H,3,12H2,1-2H3,(H,22,23). The molecule has 2 amide bonds. The van der Waals surface area contributed by atoms with Crippen molar-refractivity contribution in [2.45, 2.75) is 18.6 Å². The number of amidine groups is 1. The van der Waals surface area contributed by atoms with Gasteiger partial charge in [-0.1, -0.05) is 17.8 Å². The Kier molecular flexibility index (Phi) is 6.30. The van der Waals surface area contributed by atoms with Crippen molar-refractivity contribution < 1.29 is 18.7 Å². The fourth-order valence-electron chi connectivity index (χ4n) is 2.77. The second kappa shape index (κ2) is 8.88. The van der Waals surface area contributed by atoms with E-state index in [0.29, 0.717) is 28.8 Å². The van der Waals surface area contributed by atoms with Gasteiger partial charge in [-0.25, -0.2) is 9.29 Å². The quantitative estimate of drug-likeness (QED) is 0.470. The lowest BCUT2D eigenvalue weighted by Gasteiger charge is -2.16. The summed E-state index contributed by atoms with van der Waals surface area (Å²) in [5.41, 5.74) is 1.04. The summed E-state index contributed by atoms with van der Waals surface area (Å²) >= 11 is 1.18. The number of benzene rings is 2. The molecule has 1 atom stereocenters. The zero-order chi connectivity index (χ0) is 20.1. The number of imide groups is 1. The molecule has 6 nitrogen and oxygen atoms in total. The molecule has 8 heteroatoms. The first-order chi connectivity index (χ1) is 13.5. The van der Waals surface area contributed by atoms with Crippen molar-refractivity contribution in [2.75, 3.05) is 23.9 Å². The Morgan fingerprint density at radius 3 is 2.68 bits per heavy atom. The van der Waals surface area contributed by atoms with E-state index < -0.39 is 5.25 Å². The van der Waals surface area contributed by atoms with E-state index in [-0.39, 0.29) is 24.1 Å². The number of aliphatic imine (C=N–C) groups is 1. The third kappa shape index (κ3) is 4.51. The number of ether oxygens (including phenoxy) is 1. The first-order valence-corrected chi connectivity index (χ1v) is 9.64. The predicted octanol–water partition coefficient (Wildman–Crippen LogP) is 3.69. The molecule has 1 aliphatic rings. The number of hydrogen-bond acceptors (Lipinski definition) is 5. The van der Waals surface area contributed by atoms with Gasteiger partial charge in [0.05, 0.1) is 12.8 Å². The summed E-state index contributed by atoms with van der Waals surface area (Å²) in [6.45, 7) is 2.35. The van der Waals surface area contributed by atoms with E-state index in [0.717, 1.165) is 0 Å². The van der Waals surface area contributed by atoms with Gasteiger partial charge in [0.2, 0.25) is 11.8 Å². The van der Waals surface area contributed by atoms with Crippen LogP contribution in [0, 0.1) is 5.82 Å². The lowest BCUT2D eigenvalue weighted by atomic mass is 10.3. The first-order valence-electron chi connectivity index (χ1n) is 8.76. The molecule has 1 saturated heterocycles. The molecule has 146 valence electrons. The highest BCUT2D eigenvalue weighted by atomic mass is 32.2. The average Bonchev–Trinajstić information content (AvgIpc) is 2.95. The first kappa shape index (κ1) is 19.9. The summed E-state index contributed by atoms with van der Waals surface area (Å²) in [6.07, 6.45) is 0.0725. The fraction of sp³-hybridized carbons (Fsp3) is 0.250. The Bertz CT molecular complexity index is 902. The number of nitrogens with zero attached hydrogens (tertiary/aromatic N) is 2. The van der Waals surface area contributed by atoms with Gasteiger partial charge in [-0.2, -0.15) is 0 Å². The highest BCUT2D eigenvalue weighted by Gasteiger charge is 2.40. The molecule has 0 aromatic heterocycles. The molecule has 28 heavy (non-hydrogen) atoms. The van der Waals surface area contributed by atoms with E-state index in [9.17, 15) is 14.0 Å². The predicted molar refractivity (Wildman–Crippen MR) is 109 cm³/mol. The summed E-state index contributed by atoms with van der Waals surface area (Å²) in [6, 6.07) is 12.7. The van der Waals surface area contributed by atoms with E-state index in [4.69, 9.17) is 4.74 Å². The maximum Gasteiger partial charge on any atom is 0.247 e.